The summed E-state index contributed by atoms with van der Waals surface area (Å²) in [7, 11) is 0. The predicted octanol–water partition coefficient (Wildman–Crippen LogP) is 2.87. The Labute approximate surface area is 158 Å². The van der Waals surface area contributed by atoms with E-state index >= 15 is 0 Å². The fraction of sp³-hybridized carbons (Fsp3) is 0.118. The molecule has 0 atom stereocenters. The van der Waals surface area contributed by atoms with E-state index in [0.717, 1.165) is 12.1 Å². The maximum atomic E-state index is 11.5. The second-order valence-corrected chi connectivity index (χ2v) is 5.71. The highest BCUT2D eigenvalue weighted by Crippen LogP contribution is 2.28. The van der Waals surface area contributed by atoms with Crippen molar-refractivity contribution in [2.24, 2.45) is 5.10 Å². The summed E-state index contributed by atoms with van der Waals surface area (Å²) in [6, 6.07) is 11.0. The summed E-state index contributed by atoms with van der Waals surface area (Å²) in [6.07, 6.45) is 1.37. The molecule has 0 bridgehead atoms. The summed E-state index contributed by atoms with van der Waals surface area (Å²) in [4.78, 5) is 10.2. The summed E-state index contributed by atoms with van der Waals surface area (Å²) < 4.78 is 7.23. The summed E-state index contributed by atoms with van der Waals surface area (Å²) in [5.41, 5.74) is 0.551. The highest BCUT2D eigenvalue weighted by atomic mass is 32.1. The van der Waals surface area contributed by atoms with Crippen LogP contribution >= 0.6 is 12.2 Å². The summed E-state index contributed by atoms with van der Waals surface area (Å²) >= 11 is 5.22. The van der Waals surface area contributed by atoms with Gasteiger partial charge in [0.2, 0.25) is 4.77 Å². The minimum atomic E-state index is -0.729. The van der Waals surface area contributed by atoms with Gasteiger partial charge in [0.05, 0.1) is 23.3 Å². The Morgan fingerprint density at radius 1 is 1.37 bits per heavy atom. The molecule has 0 aliphatic carbocycles. The highest BCUT2D eigenvalue weighted by Gasteiger charge is 2.13. The van der Waals surface area contributed by atoms with E-state index in [2.05, 4.69) is 15.3 Å². The number of hydrogen-bond acceptors (Lipinski definition) is 7. The molecule has 2 aromatic carbocycles. The number of H-pyrrole nitrogens is 1. The first-order valence-corrected chi connectivity index (χ1v) is 8.31. The van der Waals surface area contributed by atoms with E-state index in [1.807, 2.05) is 25.1 Å². The molecule has 1 aromatic heterocycles. The topological polar surface area (TPSA) is 121 Å². The molecule has 1 heterocycles. The Morgan fingerprint density at radius 2 is 2.15 bits per heavy atom. The number of ether oxygens (including phenoxy) is 1. The van der Waals surface area contributed by atoms with Crippen molar-refractivity contribution in [3.63, 3.8) is 0 Å². The number of nitro benzene ring substituents is 1. The zero-order valence-electron chi connectivity index (χ0n) is 14.2. The summed E-state index contributed by atoms with van der Waals surface area (Å²) in [5, 5.41) is 33.5. The van der Waals surface area contributed by atoms with Gasteiger partial charge in [0, 0.05) is 11.6 Å². The lowest BCUT2D eigenvalue weighted by Gasteiger charge is -2.09. The molecule has 0 saturated heterocycles. The molecule has 9 nitrogen and oxygen atoms in total. The smallest absolute Gasteiger partial charge is 0.262 e. The van der Waals surface area contributed by atoms with Crippen LogP contribution in [-0.4, -0.2) is 32.6 Å². The van der Waals surface area contributed by atoms with Crippen molar-refractivity contribution in [1.29, 1.82) is 0 Å². The Balaban J connectivity index is 2.02. The first kappa shape index (κ1) is 18.3. The van der Waals surface area contributed by atoms with Crippen LogP contribution in [0.3, 0.4) is 0 Å². The number of benzene rings is 2. The van der Waals surface area contributed by atoms with Crippen molar-refractivity contribution in [2.75, 3.05) is 6.61 Å². The number of para-hydroxylation sites is 1. The van der Waals surface area contributed by atoms with E-state index in [1.54, 1.807) is 6.07 Å². The molecule has 0 radical (unpaired) electrons. The molecule has 0 aliphatic rings. The number of nitrogens with one attached hydrogen (secondary N) is 1. The van der Waals surface area contributed by atoms with E-state index < -0.39 is 16.4 Å². The van der Waals surface area contributed by atoms with Crippen LogP contribution < -0.4 is 9.84 Å². The molecule has 10 heteroatoms. The molecule has 3 aromatic rings. The van der Waals surface area contributed by atoms with Crippen molar-refractivity contribution in [3.8, 4) is 22.9 Å². The monoisotopic (exact) mass is 384 g/mol. The zero-order chi connectivity index (χ0) is 19.4. The Hall–Kier alpha value is -3.53. The van der Waals surface area contributed by atoms with Gasteiger partial charge >= 0.3 is 0 Å². The number of aromatic nitrogens is 3. The molecule has 138 valence electrons. The van der Waals surface area contributed by atoms with Crippen molar-refractivity contribution in [1.82, 2.24) is 14.9 Å². The standard InChI is InChI=1S/C17H15N5O4S/c1-2-26-15-6-4-3-5-12(15)16-19-20-17(27)21(16)18-10-11-7-8-14(23)13(9-11)22(24)25/h3-10,23H,2H2,1H3,(H,20,27)/p-1/b18-10-. The van der Waals surface area contributed by atoms with Crippen LogP contribution in [0.25, 0.3) is 11.4 Å². The molecule has 0 saturated carbocycles. The van der Waals surface area contributed by atoms with Gasteiger partial charge < -0.3 is 9.84 Å². The third-order valence-electron chi connectivity index (χ3n) is 3.58. The van der Waals surface area contributed by atoms with Gasteiger partial charge in [0.1, 0.15) is 5.75 Å². The van der Waals surface area contributed by atoms with E-state index in [-0.39, 0.29) is 4.77 Å². The highest BCUT2D eigenvalue weighted by molar-refractivity contribution is 7.71. The number of rotatable bonds is 6. The second kappa shape index (κ2) is 7.79. The van der Waals surface area contributed by atoms with Crippen LogP contribution in [0, 0.1) is 14.9 Å². The Bertz CT molecular complexity index is 1070. The number of aromatic amines is 1. The van der Waals surface area contributed by atoms with Gasteiger partial charge in [-0.15, -0.1) is 0 Å². The molecule has 1 N–H and O–H groups in total. The largest absolute Gasteiger partial charge is 0.868 e. The lowest BCUT2D eigenvalue weighted by atomic mass is 10.2. The lowest BCUT2D eigenvalue weighted by Crippen LogP contribution is -2.00. The average molecular weight is 384 g/mol. The van der Waals surface area contributed by atoms with Crippen molar-refractivity contribution in [2.45, 2.75) is 6.92 Å². The van der Waals surface area contributed by atoms with Crippen LogP contribution in [0.4, 0.5) is 5.69 Å². The van der Waals surface area contributed by atoms with E-state index in [0.29, 0.717) is 29.3 Å². The molecule has 0 unspecified atom stereocenters. The van der Waals surface area contributed by atoms with Gasteiger partial charge in [-0.25, -0.2) is 5.10 Å². The van der Waals surface area contributed by atoms with Gasteiger partial charge in [0.25, 0.3) is 5.69 Å². The van der Waals surface area contributed by atoms with Crippen molar-refractivity contribution >= 4 is 24.1 Å². The van der Waals surface area contributed by atoms with Crippen LogP contribution in [0.15, 0.2) is 47.6 Å². The summed E-state index contributed by atoms with van der Waals surface area (Å²) in [6.45, 7) is 2.36. The third-order valence-corrected chi connectivity index (χ3v) is 3.84. The molecule has 0 spiro atoms. The van der Waals surface area contributed by atoms with E-state index in [1.165, 1.54) is 17.0 Å². The number of nitrogens with zero attached hydrogens (tertiary/aromatic N) is 4. The van der Waals surface area contributed by atoms with Crippen molar-refractivity contribution in [3.05, 3.63) is 62.9 Å². The van der Waals surface area contributed by atoms with Crippen molar-refractivity contribution < 1.29 is 14.8 Å². The SMILES string of the molecule is CCOc1ccccc1-c1n[nH]c(=S)n1/N=C\c1ccc([O-])c([N+](=O)[O-])c1. The quantitative estimate of drug-likeness (QED) is 0.302. The maximum absolute atomic E-state index is 11.5. The van der Waals surface area contributed by atoms with Gasteiger partial charge in [0.15, 0.2) is 5.82 Å². The Kier molecular flexibility index (Phi) is 5.27. The second-order valence-electron chi connectivity index (χ2n) is 5.32. The maximum Gasteiger partial charge on any atom is 0.262 e. The Morgan fingerprint density at radius 3 is 2.89 bits per heavy atom. The molecule has 0 fully saturated rings. The van der Waals surface area contributed by atoms with Gasteiger partial charge in [-0.1, -0.05) is 24.3 Å². The minimum absolute atomic E-state index is 0.238. The fourth-order valence-electron chi connectivity index (χ4n) is 2.39. The fourth-order valence-corrected chi connectivity index (χ4v) is 2.57. The molecule has 27 heavy (non-hydrogen) atoms. The molecule has 3 rings (SSSR count). The normalized spacial score (nSPS) is 11.0. The molecular weight excluding hydrogens is 370 g/mol. The van der Waals surface area contributed by atoms with Gasteiger partial charge in [-0.05, 0) is 37.0 Å². The molecule has 0 aliphatic heterocycles. The predicted molar refractivity (Wildman–Crippen MR) is 99.6 cm³/mol. The number of nitro groups is 1. The lowest BCUT2D eigenvalue weighted by molar-refractivity contribution is -0.398. The van der Waals surface area contributed by atoms with Gasteiger partial charge in [-0.3, -0.25) is 10.1 Å². The van der Waals surface area contributed by atoms with Gasteiger partial charge in [-0.2, -0.15) is 14.9 Å². The molecular formula is C17H14N5O4S-. The third kappa shape index (κ3) is 3.85. The summed E-state index contributed by atoms with van der Waals surface area (Å²) in [5.74, 6) is 0.385. The van der Waals surface area contributed by atoms with Crippen LogP contribution in [-0.2, 0) is 0 Å². The average Bonchev–Trinajstić information content (AvgIpc) is 3.02. The van der Waals surface area contributed by atoms with E-state index in [4.69, 9.17) is 17.0 Å². The number of hydrogen-bond donors (Lipinski definition) is 1. The molecule has 0 amide bonds. The first-order chi connectivity index (χ1) is 13.0. The van der Waals surface area contributed by atoms with E-state index in [9.17, 15) is 15.2 Å². The van der Waals surface area contributed by atoms with Crippen LogP contribution in [0.1, 0.15) is 12.5 Å². The first-order valence-electron chi connectivity index (χ1n) is 7.90. The van der Waals surface area contributed by atoms with Crippen LogP contribution in [0.2, 0.25) is 0 Å². The minimum Gasteiger partial charge on any atom is -0.868 e. The zero-order valence-corrected chi connectivity index (χ0v) is 15.0. The van der Waals surface area contributed by atoms with Crippen LogP contribution in [0.5, 0.6) is 11.5 Å².